The van der Waals surface area contributed by atoms with Gasteiger partial charge in [-0.1, -0.05) is 19.1 Å². The van der Waals surface area contributed by atoms with E-state index in [1.165, 1.54) is 4.88 Å². The first-order valence-corrected chi connectivity index (χ1v) is 10.3. The number of hydrogen-bond acceptors (Lipinski definition) is 6. The summed E-state index contributed by atoms with van der Waals surface area (Å²) in [4.78, 5) is 6.27. The zero-order chi connectivity index (χ0) is 18.4. The smallest absolute Gasteiger partial charge is 0.227 e. The van der Waals surface area contributed by atoms with E-state index in [1.807, 2.05) is 24.3 Å². The van der Waals surface area contributed by atoms with Gasteiger partial charge in [-0.3, -0.25) is 9.47 Å². The van der Waals surface area contributed by atoms with Crippen molar-refractivity contribution >= 4 is 17.3 Å². The van der Waals surface area contributed by atoms with Crippen molar-refractivity contribution in [1.82, 2.24) is 19.7 Å². The highest BCUT2D eigenvalue weighted by Gasteiger charge is 2.25. The number of nitrogens with zero attached hydrogens (tertiary/aromatic N) is 5. The second kappa shape index (κ2) is 9.30. The standard InChI is InChI=1S/C19H29N5OS/c1-4-9-24-18(17(5-2)25-6-3)20-21-19(24)23-12-10-22(11-13-23)15-16-8-7-14-26-16/h4,7-8,14,17H,1,5-6,9-13,15H2,2-3H3. The van der Waals surface area contributed by atoms with Gasteiger partial charge in [-0.25, -0.2) is 0 Å². The molecule has 26 heavy (non-hydrogen) atoms. The Kier molecular flexibility index (Phi) is 6.82. The fourth-order valence-electron chi connectivity index (χ4n) is 3.39. The van der Waals surface area contributed by atoms with Crippen LogP contribution in [0.15, 0.2) is 30.2 Å². The predicted octanol–water partition coefficient (Wildman–Crippen LogP) is 3.34. The Morgan fingerprint density at radius 3 is 2.69 bits per heavy atom. The van der Waals surface area contributed by atoms with Crippen molar-refractivity contribution in [3.63, 3.8) is 0 Å². The predicted molar refractivity (Wildman–Crippen MR) is 107 cm³/mol. The van der Waals surface area contributed by atoms with Crippen LogP contribution in [0.1, 0.15) is 37.1 Å². The third-order valence-corrected chi connectivity index (χ3v) is 5.57. The maximum atomic E-state index is 5.86. The minimum Gasteiger partial charge on any atom is -0.371 e. The molecule has 1 unspecified atom stereocenters. The number of piperazine rings is 1. The molecule has 0 spiro atoms. The first-order valence-electron chi connectivity index (χ1n) is 9.42. The van der Waals surface area contributed by atoms with Gasteiger partial charge in [0.05, 0.1) is 0 Å². The van der Waals surface area contributed by atoms with Crippen LogP contribution < -0.4 is 4.90 Å². The van der Waals surface area contributed by atoms with E-state index in [0.29, 0.717) is 13.2 Å². The molecule has 1 aliphatic heterocycles. The SMILES string of the molecule is C=CCn1c(C(CC)OCC)nnc1N1CCN(Cc2cccs2)CC1. The van der Waals surface area contributed by atoms with Crippen LogP contribution in [0.3, 0.4) is 0 Å². The van der Waals surface area contributed by atoms with Crippen LogP contribution >= 0.6 is 11.3 Å². The summed E-state index contributed by atoms with van der Waals surface area (Å²) in [7, 11) is 0. The number of hydrogen-bond donors (Lipinski definition) is 0. The Bertz CT molecular complexity index is 676. The summed E-state index contributed by atoms with van der Waals surface area (Å²) in [6, 6.07) is 4.33. The lowest BCUT2D eigenvalue weighted by atomic mass is 10.2. The lowest BCUT2D eigenvalue weighted by molar-refractivity contribution is 0.0510. The highest BCUT2D eigenvalue weighted by atomic mass is 32.1. The molecule has 0 radical (unpaired) electrons. The third-order valence-electron chi connectivity index (χ3n) is 4.71. The maximum absolute atomic E-state index is 5.86. The van der Waals surface area contributed by atoms with Gasteiger partial charge in [0.15, 0.2) is 5.82 Å². The van der Waals surface area contributed by atoms with E-state index in [4.69, 9.17) is 4.74 Å². The van der Waals surface area contributed by atoms with Crippen molar-refractivity contribution in [2.24, 2.45) is 0 Å². The van der Waals surface area contributed by atoms with Crippen molar-refractivity contribution in [1.29, 1.82) is 0 Å². The van der Waals surface area contributed by atoms with E-state index in [9.17, 15) is 0 Å². The lowest BCUT2D eigenvalue weighted by Crippen LogP contribution is -2.46. The topological polar surface area (TPSA) is 46.4 Å². The summed E-state index contributed by atoms with van der Waals surface area (Å²) in [5.74, 6) is 1.85. The normalized spacial score (nSPS) is 16.8. The summed E-state index contributed by atoms with van der Waals surface area (Å²) >= 11 is 1.83. The van der Waals surface area contributed by atoms with E-state index in [1.54, 1.807) is 0 Å². The Morgan fingerprint density at radius 2 is 2.08 bits per heavy atom. The van der Waals surface area contributed by atoms with Crippen molar-refractivity contribution in [2.45, 2.75) is 39.5 Å². The minimum atomic E-state index is -0.0127. The molecule has 1 aliphatic rings. The molecule has 142 valence electrons. The number of ether oxygens (including phenoxy) is 1. The van der Waals surface area contributed by atoms with Crippen LogP contribution in [0.5, 0.6) is 0 Å². The second-order valence-corrected chi connectivity index (χ2v) is 7.48. The zero-order valence-corrected chi connectivity index (χ0v) is 16.6. The lowest BCUT2D eigenvalue weighted by Gasteiger charge is -2.35. The van der Waals surface area contributed by atoms with Crippen LogP contribution in [0, 0.1) is 0 Å². The Morgan fingerprint density at radius 1 is 1.27 bits per heavy atom. The molecular formula is C19H29N5OS. The van der Waals surface area contributed by atoms with E-state index in [2.05, 4.69) is 55.6 Å². The van der Waals surface area contributed by atoms with E-state index in [0.717, 1.165) is 50.9 Å². The maximum Gasteiger partial charge on any atom is 0.227 e. The Balaban J connectivity index is 1.69. The van der Waals surface area contributed by atoms with Gasteiger partial charge in [0.25, 0.3) is 0 Å². The molecule has 2 aromatic heterocycles. The molecule has 7 heteroatoms. The van der Waals surface area contributed by atoms with Crippen LogP contribution in [0.4, 0.5) is 5.95 Å². The Labute approximate surface area is 160 Å². The average molecular weight is 376 g/mol. The number of aromatic nitrogens is 3. The summed E-state index contributed by atoms with van der Waals surface area (Å²) in [6.45, 7) is 14.5. The third kappa shape index (κ3) is 4.34. The quantitative estimate of drug-likeness (QED) is 0.629. The fourth-order valence-corrected chi connectivity index (χ4v) is 4.13. The van der Waals surface area contributed by atoms with Crippen LogP contribution in [-0.2, 0) is 17.8 Å². The summed E-state index contributed by atoms with van der Waals surface area (Å²) in [5, 5.41) is 11.1. The Hall–Kier alpha value is -1.70. The molecule has 0 amide bonds. The van der Waals surface area contributed by atoms with Crippen molar-refractivity contribution in [3.8, 4) is 0 Å². The van der Waals surface area contributed by atoms with Crippen LogP contribution in [-0.4, -0.2) is 52.5 Å². The van der Waals surface area contributed by atoms with Crippen molar-refractivity contribution in [3.05, 3.63) is 40.9 Å². The van der Waals surface area contributed by atoms with Gasteiger partial charge in [-0.2, -0.15) is 0 Å². The highest BCUT2D eigenvalue weighted by Crippen LogP contribution is 2.25. The molecule has 0 bridgehead atoms. The van der Waals surface area contributed by atoms with Crippen LogP contribution in [0.2, 0.25) is 0 Å². The van der Waals surface area contributed by atoms with E-state index < -0.39 is 0 Å². The molecule has 0 saturated carbocycles. The fraction of sp³-hybridized carbons (Fsp3) is 0.579. The van der Waals surface area contributed by atoms with Gasteiger partial charge in [0.1, 0.15) is 6.10 Å². The molecule has 1 saturated heterocycles. The van der Waals surface area contributed by atoms with Crippen LogP contribution in [0.25, 0.3) is 0 Å². The summed E-state index contributed by atoms with van der Waals surface area (Å²) in [5.41, 5.74) is 0. The molecule has 3 rings (SSSR count). The van der Waals surface area contributed by atoms with Crippen molar-refractivity contribution < 1.29 is 4.74 Å². The summed E-state index contributed by atoms with van der Waals surface area (Å²) in [6.07, 6.45) is 2.78. The largest absolute Gasteiger partial charge is 0.371 e. The highest BCUT2D eigenvalue weighted by molar-refractivity contribution is 7.09. The monoisotopic (exact) mass is 375 g/mol. The summed E-state index contributed by atoms with van der Waals surface area (Å²) < 4.78 is 8.02. The molecule has 1 atom stereocenters. The van der Waals surface area contributed by atoms with Gasteiger partial charge < -0.3 is 9.64 Å². The number of rotatable bonds is 9. The second-order valence-electron chi connectivity index (χ2n) is 6.45. The first-order chi connectivity index (χ1) is 12.8. The molecule has 0 aliphatic carbocycles. The first kappa shape index (κ1) is 19.1. The number of thiophene rings is 1. The molecule has 6 nitrogen and oxygen atoms in total. The van der Waals surface area contributed by atoms with Gasteiger partial charge in [-0.05, 0) is 24.8 Å². The minimum absolute atomic E-state index is 0.0127. The average Bonchev–Trinajstić information content (AvgIpc) is 3.31. The van der Waals surface area contributed by atoms with E-state index >= 15 is 0 Å². The van der Waals surface area contributed by atoms with Gasteiger partial charge in [-0.15, -0.1) is 28.1 Å². The van der Waals surface area contributed by atoms with Crippen molar-refractivity contribution in [2.75, 3.05) is 37.7 Å². The number of anilines is 1. The molecular weight excluding hydrogens is 346 g/mol. The van der Waals surface area contributed by atoms with Gasteiger partial charge in [0, 0.05) is 50.8 Å². The van der Waals surface area contributed by atoms with E-state index in [-0.39, 0.29) is 6.10 Å². The van der Waals surface area contributed by atoms with Gasteiger partial charge in [0.2, 0.25) is 5.95 Å². The van der Waals surface area contributed by atoms with Gasteiger partial charge >= 0.3 is 0 Å². The molecule has 0 N–H and O–H groups in total. The number of allylic oxidation sites excluding steroid dienone is 1. The molecule has 1 fully saturated rings. The molecule has 0 aromatic carbocycles. The molecule has 2 aromatic rings. The zero-order valence-electron chi connectivity index (χ0n) is 15.8. The molecule has 3 heterocycles.